The topological polar surface area (TPSA) is 68.3 Å². The van der Waals surface area contributed by atoms with E-state index in [1.54, 1.807) is 18.2 Å². The summed E-state index contributed by atoms with van der Waals surface area (Å²) in [5.41, 5.74) is 9.29. The summed E-state index contributed by atoms with van der Waals surface area (Å²) in [4.78, 5) is 12.5. The molecule has 2 aromatic carbocycles. The molecule has 3 N–H and O–H groups in total. The van der Waals surface area contributed by atoms with Gasteiger partial charge in [-0.3, -0.25) is 4.79 Å². The molecular formula is C20H17ClN2O2. The van der Waals surface area contributed by atoms with E-state index in [4.69, 9.17) is 21.8 Å². The van der Waals surface area contributed by atoms with Gasteiger partial charge in [0.25, 0.3) is 5.91 Å². The Labute approximate surface area is 150 Å². The molecule has 0 fully saturated rings. The van der Waals surface area contributed by atoms with Crippen molar-refractivity contribution in [3.05, 3.63) is 82.6 Å². The molecule has 25 heavy (non-hydrogen) atoms. The molecular weight excluding hydrogens is 336 g/mol. The molecule has 5 heteroatoms. The smallest absolute Gasteiger partial charge is 0.287 e. The SMILES string of the molecule is N[C@H]1c2ccccc2C[C@@H]1NC(=O)c1ccc(-c2ccccc2Cl)o1. The largest absolute Gasteiger partial charge is 0.451 e. The van der Waals surface area contributed by atoms with Crippen molar-refractivity contribution in [2.75, 3.05) is 0 Å². The minimum Gasteiger partial charge on any atom is -0.451 e. The number of carbonyl (C=O) groups is 1. The first-order chi connectivity index (χ1) is 12.1. The van der Waals surface area contributed by atoms with Crippen molar-refractivity contribution in [1.82, 2.24) is 5.32 Å². The fourth-order valence-corrected chi connectivity index (χ4v) is 3.50. The molecule has 3 aromatic rings. The van der Waals surface area contributed by atoms with Gasteiger partial charge in [0, 0.05) is 5.56 Å². The molecule has 0 saturated heterocycles. The summed E-state index contributed by atoms with van der Waals surface area (Å²) in [5, 5.41) is 3.56. The van der Waals surface area contributed by atoms with Crippen LogP contribution < -0.4 is 11.1 Å². The Morgan fingerprint density at radius 2 is 1.84 bits per heavy atom. The zero-order chi connectivity index (χ0) is 17.4. The van der Waals surface area contributed by atoms with Crippen molar-refractivity contribution >= 4 is 17.5 Å². The van der Waals surface area contributed by atoms with E-state index < -0.39 is 0 Å². The third-order valence-electron chi connectivity index (χ3n) is 4.57. The second kappa shape index (κ2) is 6.39. The third-order valence-corrected chi connectivity index (χ3v) is 4.90. The molecule has 0 unspecified atom stereocenters. The molecule has 0 spiro atoms. The number of furan rings is 1. The maximum Gasteiger partial charge on any atom is 0.287 e. The van der Waals surface area contributed by atoms with Crippen molar-refractivity contribution in [3.63, 3.8) is 0 Å². The Hall–Kier alpha value is -2.56. The fraction of sp³-hybridized carbons (Fsp3) is 0.150. The van der Waals surface area contributed by atoms with Crippen LogP contribution in [0, 0.1) is 0 Å². The zero-order valence-corrected chi connectivity index (χ0v) is 14.2. The summed E-state index contributed by atoms with van der Waals surface area (Å²) in [6, 6.07) is 18.4. The Balaban J connectivity index is 1.51. The lowest BCUT2D eigenvalue weighted by Crippen LogP contribution is -2.40. The number of hydrogen-bond donors (Lipinski definition) is 2. The number of amides is 1. The lowest BCUT2D eigenvalue weighted by molar-refractivity contribution is 0.0906. The molecule has 0 saturated carbocycles. The predicted octanol–water partition coefficient (Wildman–Crippen LogP) is 3.95. The van der Waals surface area contributed by atoms with E-state index in [1.165, 1.54) is 5.56 Å². The van der Waals surface area contributed by atoms with Gasteiger partial charge in [-0.25, -0.2) is 0 Å². The molecule has 0 radical (unpaired) electrons. The quantitative estimate of drug-likeness (QED) is 0.749. The van der Waals surface area contributed by atoms with Crippen LogP contribution in [0.5, 0.6) is 0 Å². The number of carbonyl (C=O) groups excluding carboxylic acids is 1. The van der Waals surface area contributed by atoms with Gasteiger partial charge >= 0.3 is 0 Å². The Bertz CT molecular complexity index is 935. The van der Waals surface area contributed by atoms with Gasteiger partial charge in [-0.2, -0.15) is 0 Å². The van der Waals surface area contributed by atoms with E-state index in [1.807, 2.05) is 42.5 Å². The molecule has 1 aliphatic carbocycles. The van der Waals surface area contributed by atoms with Crippen LogP contribution in [0.1, 0.15) is 27.7 Å². The van der Waals surface area contributed by atoms with Gasteiger partial charge in [0.2, 0.25) is 0 Å². The molecule has 0 bridgehead atoms. The van der Waals surface area contributed by atoms with E-state index >= 15 is 0 Å². The fourth-order valence-electron chi connectivity index (χ4n) is 3.27. The second-order valence-corrected chi connectivity index (χ2v) is 6.56. The maximum atomic E-state index is 12.5. The first kappa shape index (κ1) is 15.9. The number of rotatable bonds is 3. The van der Waals surface area contributed by atoms with E-state index in [2.05, 4.69) is 5.32 Å². The minimum absolute atomic E-state index is 0.140. The predicted molar refractivity (Wildman–Crippen MR) is 97.5 cm³/mol. The van der Waals surface area contributed by atoms with Gasteiger partial charge in [0.15, 0.2) is 5.76 Å². The normalized spacial score (nSPS) is 18.8. The van der Waals surface area contributed by atoms with Gasteiger partial charge in [-0.15, -0.1) is 0 Å². The number of fused-ring (bicyclic) bond motifs is 1. The van der Waals surface area contributed by atoms with E-state index in [-0.39, 0.29) is 23.8 Å². The molecule has 1 aliphatic rings. The van der Waals surface area contributed by atoms with Crippen LogP contribution in [-0.2, 0) is 6.42 Å². The maximum absolute atomic E-state index is 12.5. The third kappa shape index (κ3) is 2.95. The van der Waals surface area contributed by atoms with Crippen LogP contribution >= 0.6 is 11.6 Å². The number of benzene rings is 2. The molecule has 1 aromatic heterocycles. The van der Waals surface area contributed by atoms with Crippen LogP contribution in [0.3, 0.4) is 0 Å². The summed E-state index contributed by atoms with van der Waals surface area (Å²) in [5.74, 6) is 0.541. The van der Waals surface area contributed by atoms with E-state index in [0.717, 1.165) is 17.5 Å². The van der Waals surface area contributed by atoms with Crippen molar-refractivity contribution in [3.8, 4) is 11.3 Å². The Kier molecular flexibility index (Phi) is 4.07. The number of nitrogens with two attached hydrogens (primary N) is 1. The average Bonchev–Trinajstić information content (AvgIpc) is 3.22. The van der Waals surface area contributed by atoms with Crippen molar-refractivity contribution in [2.45, 2.75) is 18.5 Å². The second-order valence-electron chi connectivity index (χ2n) is 6.15. The summed E-state index contributed by atoms with van der Waals surface area (Å²) < 4.78 is 5.70. The highest BCUT2D eigenvalue weighted by Gasteiger charge is 2.31. The molecule has 4 nitrogen and oxygen atoms in total. The van der Waals surface area contributed by atoms with Crippen molar-refractivity contribution in [2.24, 2.45) is 5.73 Å². The zero-order valence-electron chi connectivity index (χ0n) is 13.4. The Morgan fingerprint density at radius 1 is 1.08 bits per heavy atom. The van der Waals surface area contributed by atoms with Crippen molar-refractivity contribution in [1.29, 1.82) is 0 Å². The highest BCUT2D eigenvalue weighted by molar-refractivity contribution is 6.33. The van der Waals surface area contributed by atoms with Gasteiger partial charge in [-0.05, 0) is 41.8 Å². The molecule has 4 rings (SSSR count). The molecule has 0 aliphatic heterocycles. The van der Waals surface area contributed by atoms with Gasteiger partial charge in [0.05, 0.1) is 17.1 Å². The number of nitrogens with one attached hydrogen (secondary N) is 1. The summed E-state index contributed by atoms with van der Waals surface area (Å²) in [7, 11) is 0. The van der Waals surface area contributed by atoms with Crippen LogP contribution in [0.4, 0.5) is 0 Å². The lowest BCUT2D eigenvalue weighted by Gasteiger charge is -2.17. The molecule has 126 valence electrons. The first-order valence-electron chi connectivity index (χ1n) is 8.12. The first-order valence-corrected chi connectivity index (χ1v) is 8.50. The number of halogens is 1. The molecule has 2 atom stereocenters. The van der Waals surface area contributed by atoms with Gasteiger partial charge in [0.1, 0.15) is 5.76 Å². The molecule has 1 amide bonds. The highest BCUT2D eigenvalue weighted by Crippen LogP contribution is 2.31. The van der Waals surface area contributed by atoms with Crippen LogP contribution in [0.2, 0.25) is 5.02 Å². The van der Waals surface area contributed by atoms with Crippen LogP contribution in [0.25, 0.3) is 11.3 Å². The summed E-state index contributed by atoms with van der Waals surface area (Å²) in [6.07, 6.45) is 0.723. The molecule has 1 heterocycles. The van der Waals surface area contributed by atoms with E-state index in [9.17, 15) is 4.79 Å². The van der Waals surface area contributed by atoms with Gasteiger partial charge < -0.3 is 15.5 Å². The summed E-state index contributed by atoms with van der Waals surface area (Å²) >= 11 is 6.18. The number of hydrogen-bond acceptors (Lipinski definition) is 3. The highest BCUT2D eigenvalue weighted by atomic mass is 35.5. The standard InChI is InChI=1S/C20H17ClN2O2/c21-15-8-4-3-7-14(15)17-9-10-18(25-17)20(24)23-16-11-12-5-1-2-6-13(12)19(16)22/h1-10,16,19H,11,22H2,(H,23,24)/t16-,19-/m0/s1. The monoisotopic (exact) mass is 352 g/mol. The van der Waals surface area contributed by atoms with Gasteiger partial charge in [-0.1, -0.05) is 48.0 Å². The van der Waals surface area contributed by atoms with E-state index in [0.29, 0.717) is 10.8 Å². The van der Waals surface area contributed by atoms with Crippen molar-refractivity contribution < 1.29 is 9.21 Å². The van der Waals surface area contributed by atoms with Crippen LogP contribution in [-0.4, -0.2) is 11.9 Å². The Morgan fingerprint density at radius 3 is 2.64 bits per heavy atom. The van der Waals surface area contributed by atoms with Crippen LogP contribution in [0.15, 0.2) is 65.1 Å². The average molecular weight is 353 g/mol. The summed E-state index contributed by atoms with van der Waals surface area (Å²) in [6.45, 7) is 0. The minimum atomic E-state index is -0.272. The lowest BCUT2D eigenvalue weighted by atomic mass is 10.1.